The van der Waals surface area contributed by atoms with Gasteiger partial charge in [0, 0.05) is 25.7 Å². The number of likely N-dealkylation sites (N-methyl/N-ethyl adjacent to an activating group) is 2. The predicted molar refractivity (Wildman–Crippen MR) is 74.9 cm³/mol. The normalized spacial score (nSPS) is 13.1. The molecule has 2 amide bonds. The third-order valence-corrected chi connectivity index (χ3v) is 3.12. The average Bonchev–Trinajstić information content (AvgIpc) is 2.44. The predicted octanol–water partition coefficient (Wildman–Crippen LogP) is 2.77. The summed E-state index contributed by atoms with van der Waals surface area (Å²) in [6.45, 7) is 0.615. The first-order valence-corrected chi connectivity index (χ1v) is 6.71. The molecule has 0 saturated heterocycles. The van der Waals surface area contributed by atoms with Crippen molar-refractivity contribution in [1.82, 2.24) is 15.1 Å². The third-order valence-electron chi connectivity index (χ3n) is 3.12. The molecule has 0 aliphatic heterocycles. The van der Waals surface area contributed by atoms with Crippen molar-refractivity contribution in [2.75, 3.05) is 34.2 Å². The Morgan fingerprint density at radius 2 is 1.78 bits per heavy atom. The maximum Gasteiger partial charge on any atom is 0.413 e. The van der Waals surface area contributed by atoms with Crippen molar-refractivity contribution in [2.45, 2.75) is 12.2 Å². The zero-order valence-electron chi connectivity index (χ0n) is 12.9. The molecule has 23 heavy (non-hydrogen) atoms. The molecule has 1 aromatic rings. The van der Waals surface area contributed by atoms with E-state index in [9.17, 15) is 26.7 Å². The van der Waals surface area contributed by atoms with Gasteiger partial charge in [0.1, 0.15) is 0 Å². The summed E-state index contributed by atoms with van der Waals surface area (Å²) in [5.41, 5.74) is -0.966. The Kier molecular flexibility index (Phi) is 6.31. The van der Waals surface area contributed by atoms with Gasteiger partial charge in [0.2, 0.25) is 0 Å². The lowest BCUT2D eigenvalue weighted by Crippen LogP contribution is -2.46. The highest BCUT2D eigenvalue weighted by molar-refractivity contribution is 5.74. The standard InChI is InChI=1S/C14H18F5N3O/c1-21(2)7-8-22(3)13(23)20-12(14(17,18)19)9-5-4-6-10(15)11(9)16/h4-6,12H,7-8H2,1-3H3,(H,20,23)/t12-/m0/s1. The van der Waals surface area contributed by atoms with E-state index in [4.69, 9.17) is 0 Å². The van der Waals surface area contributed by atoms with E-state index in [1.54, 1.807) is 24.3 Å². The molecule has 0 spiro atoms. The molecule has 1 rings (SSSR count). The van der Waals surface area contributed by atoms with Gasteiger partial charge in [0.15, 0.2) is 17.7 Å². The summed E-state index contributed by atoms with van der Waals surface area (Å²) in [7, 11) is 4.80. The number of carbonyl (C=O) groups excluding carboxylic acids is 1. The van der Waals surface area contributed by atoms with Crippen LogP contribution in [0.25, 0.3) is 0 Å². The van der Waals surface area contributed by atoms with Crippen LogP contribution >= 0.6 is 0 Å². The van der Waals surface area contributed by atoms with Crippen molar-refractivity contribution in [2.24, 2.45) is 0 Å². The van der Waals surface area contributed by atoms with Crippen LogP contribution in [0.1, 0.15) is 11.6 Å². The third kappa shape index (κ3) is 5.34. The number of urea groups is 1. The van der Waals surface area contributed by atoms with Crippen LogP contribution < -0.4 is 5.32 Å². The second-order valence-electron chi connectivity index (χ2n) is 5.29. The van der Waals surface area contributed by atoms with Crippen LogP contribution in [0.5, 0.6) is 0 Å². The number of alkyl halides is 3. The van der Waals surface area contributed by atoms with Crippen LogP contribution in [-0.2, 0) is 0 Å². The van der Waals surface area contributed by atoms with E-state index >= 15 is 0 Å². The quantitative estimate of drug-likeness (QED) is 0.838. The number of nitrogens with one attached hydrogen (secondary N) is 1. The van der Waals surface area contributed by atoms with E-state index < -0.39 is 35.4 Å². The fourth-order valence-electron chi connectivity index (χ4n) is 1.76. The fourth-order valence-corrected chi connectivity index (χ4v) is 1.76. The molecule has 0 radical (unpaired) electrons. The Hall–Kier alpha value is -1.90. The first-order valence-electron chi connectivity index (χ1n) is 6.71. The maximum absolute atomic E-state index is 13.6. The number of rotatable bonds is 5. The van der Waals surface area contributed by atoms with E-state index in [2.05, 4.69) is 0 Å². The molecule has 0 unspecified atom stereocenters. The van der Waals surface area contributed by atoms with Gasteiger partial charge in [-0.05, 0) is 20.2 Å². The molecule has 1 N–H and O–H groups in total. The first-order chi connectivity index (χ1) is 10.5. The van der Waals surface area contributed by atoms with Crippen LogP contribution in [0, 0.1) is 11.6 Å². The molecular formula is C14H18F5N3O. The van der Waals surface area contributed by atoms with Crippen LogP contribution in [-0.4, -0.2) is 56.2 Å². The average molecular weight is 339 g/mol. The van der Waals surface area contributed by atoms with E-state index in [0.29, 0.717) is 12.6 Å². The van der Waals surface area contributed by atoms with Gasteiger partial charge in [0.25, 0.3) is 0 Å². The van der Waals surface area contributed by atoms with Crippen molar-refractivity contribution in [3.05, 3.63) is 35.4 Å². The summed E-state index contributed by atoms with van der Waals surface area (Å²) >= 11 is 0. The Bertz CT molecular complexity index is 548. The molecular weight excluding hydrogens is 321 g/mol. The molecule has 130 valence electrons. The SMILES string of the molecule is CN(C)CCN(C)C(=O)N[C@@H](c1cccc(F)c1F)C(F)(F)F. The number of halogens is 5. The Balaban J connectivity index is 2.97. The van der Waals surface area contributed by atoms with Gasteiger partial charge in [-0.3, -0.25) is 0 Å². The Morgan fingerprint density at radius 3 is 2.30 bits per heavy atom. The largest absolute Gasteiger partial charge is 0.413 e. The molecule has 0 aliphatic carbocycles. The highest BCUT2D eigenvalue weighted by Gasteiger charge is 2.44. The van der Waals surface area contributed by atoms with E-state index in [0.717, 1.165) is 17.0 Å². The zero-order valence-corrected chi connectivity index (χ0v) is 12.9. The molecule has 0 bridgehead atoms. The monoisotopic (exact) mass is 339 g/mol. The zero-order chi connectivity index (χ0) is 17.8. The van der Waals surface area contributed by atoms with Crippen molar-refractivity contribution in [1.29, 1.82) is 0 Å². The van der Waals surface area contributed by atoms with E-state index in [1.807, 2.05) is 0 Å². The molecule has 4 nitrogen and oxygen atoms in total. The van der Waals surface area contributed by atoms with Crippen LogP contribution in [0.2, 0.25) is 0 Å². The van der Waals surface area contributed by atoms with Gasteiger partial charge in [-0.1, -0.05) is 12.1 Å². The molecule has 0 fully saturated rings. The fraction of sp³-hybridized carbons (Fsp3) is 0.500. The number of benzene rings is 1. The van der Waals surface area contributed by atoms with Gasteiger partial charge in [0.05, 0.1) is 0 Å². The minimum Gasteiger partial charge on any atom is -0.327 e. The van der Waals surface area contributed by atoms with Crippen LogP contribution in [0.15, 0.2) is 18.2 Å². The molecule has 0 saturated carbocycles. The van der Waals surface area contributed by atoms with Gasteiger partial charge < -0.3 is 15.1 Å². The number of amides is 2. The Morgan fingerprint density at radius 1 is 1.17 bits per heavy atom. The summed E-state index contributed by atoms with van der Waals surface area (Å²) in [6.07, 6.45) is -4.97. The van der Waals surface area contributed by atoms with Crippen LogP contribution in [0.4, 0.5) is 26.7 Å². The van der Waals surface area contributed by atoms with Crippen molar-refractivity contribution < 1.29 is 26.7 Å². The van der Waals surface area contributed by atoms with Gasteiger partial charge >= 0.3 is 12.2 Å². The highest BCUT2D eigenvalue weighted by atomic mass is 19.4. The lowest BCUT2D eigenvalue weighted by Gasteiger charge is -2.26. The van der Waals surface area contributed by atoms with Gasteiger partial charge in [-0.25, -0.2) is 13.6 Å². The lowest BCUT2D eigenvalue weighted by molar-refractivity contribution is -0.156. The second kappa shape index (κ2) is 7.58. The van der Waals surface area contributed by atoms with Gasteiger partial charge in [-0.2, -0.15) is 13.2 Å². The smallest absolute Gasteiger partial charge is 0.327 e. The first kappa shape index (κ1) is 19.1. The molecule has 0 heterocycles. The summed E-state index contributed by atoms with van der Waals surface area (Å²) in [5, 5.41) is 1.70. The molecule has 9 heteroatoms. The molecule has 1 aromatic carbocycles. The highest BCUT2D eigenvalue weighted by Crippen LogP contribution is 2.34. The van der Waals surface area contributed by atoms with Crippen molar-refractivity contribution in [3.63, 3.8) is 0 Å². The number of hydrogen-bond donors (Lipinski definition) is 1. The topological polar surface area (TPSA) is 35.6 Å². The second-order valence-corrected chi connectivity index (χ2v) is 5.29. The molecule has 1 atom stereocenters. The van der Waals surface area contributed by atoms with Gasteiger partial charge in [-0.15, -0.1) is 0 Å². The Labute approximate surface area is 130 Å². The maximum atomic E-state index is 13.6. The molecule has 0 aliphatic rings. The summed E-state index contributed by atoms with van der Waals surface area (Å²) in [4.78, 5) is 14.6. The number of hydrogen-bond acceptors (Lipinski definition) is 2. The van der Waals surface area contributed by atoms with E-state index in [-0.39, 0.29) is 6.54 Å². The van der Waals surface area contributed by atoms with Crippen molar-refractivity contribution >= 4 is 6.03 Å². The molecule has 0 aromatic heterocycles. The number of carbonyl (C=O) groups is 1. The summed E-state index contributed by atoms with van der Waals surface area (Å²) < 4.78 is 66.2. The van der Waals surface area contributed by atoms with Crippen molar-refractivity contribution in [3.8, 4) is 0 Å². The van der Waals surface area contributed by atoms with E-state index in [1.165, 1.54) is 7.05 Å². The summed E-state index contributed by atoms with van der Waals surface area (Å²) in [6, 6.07) is -1.21. The summed E-state index contributed by atoms with van der Waals surface area (Å²) in [5.74, 6) is -3.04. The minimum atomic E-state index is -4.97. The lowest BCUT2D eigenvalue weighted by atomic mass is 10.1. The minimum absolute atomic E-state index is 0.176. The number of nitrogens with zero attached hydrogens (tertiary/aromatic N) is 2. The van der Waals surface area contributed by atoms with Crippen LogP contribution in [0.3, 0.4) is 0 Å².